The molecule has 0 atom stereocenters. The van der Waals surface area contributed by atoms with Crippen molar-refractivity contribution in [2.24, 2.45) is 0 Å². The summed E-state index contributed by atoms with van der Waals surface area (Å²) < 4.78 is 13.0. The van der Waals surface area contributed by atoms with Gasteiger partial charge in [0.25, 0.3) is 0 Å². The summed E-state index contributed by atoms with van der Waals surface area (Å²) in [5.41, 5.74) is -0.0803. The van der Waals surface area contributed by atoms with Gasteiger partial charge in [0.1, 0.15) is 11.4 Å². The van der Waals surface area contributed by atoms with Crippen molar-refractivity contribution in [1.29, 1.82) is 5.26 Å². The van der Waals surface area contributed by atoms with Gasteiger partial charge in [-0.1, -0.05) is 12.1 Å². The van der Waals surface area contributed by atoms with Crippen molar-refractivity contribution in [3.05, 3.63) is 35.6 Å². The first-order valence-corrected chi connectivity index (χ1v) is 6.10. The molecular weight excluding hydrogens is 231 g/mol. The van der Waals surface area contributed by atoms with Crippen LogP contribution >= 0.6 is 0 Å². The monoisotopic (exact) mass is 246 g/mol. The molecule has 0 bridgehead atoms. The van der Waals surface area contributed by atoms with Crippen LogP contribution in [0.4, 0.5) is 4.39 Å². The van der Waals surface area contributed by atoms with Crippen molar-refractivity contribution < 1.29 is 9.18 Å². The van der Waals surface area contributed by atoms with Crippen LogP contribution in [0.2, 0.25) is 0 Å². The number of benzene rings is 1. The van der Waals surface area contributed by atoms with E-state index in [-0.39, 0.29) is 18.1 Å². The Balaban J connectivity index is 1.99. The van der Waals surface area contributed by atoms with E-state index >= 15 is 0 Å². The van der Waals surface area contributed by atoms with Crippen LogP contribution in [0.5, 0.6) is 0 Å². The van der Waals surface area contributed by atoms with E-state index in [0.29, 0.717) is 18.4 Å². The lowest BCUT2D eigenvalue weighted by Crippen LogP contribution is -2.45. The van der Waals surface area contributed by atoms with Gasteiger partial charge in [-0.25, -0.2) is 4.39 Å². The zero-order chi connectivity index (χ0) is 13.0. The van der Waals surface area contributed by atoms with Gasteiger partial charge in [0.2, 0.25) is 5.91 Å². The van der Waals surface area contributed by atoms with Gasteiger partial charge in [0.05, 0.1) is 12.5 Å². The molecular formula is C14H15FN2O. The second kappa shape index (κ2) is 5.18. The SMILES string of the molecule is N#CC1(NC(=O)Cc2cccc(F)c2)CCCC1. The lowest BCUT2D eigenvalue weighted by Gasteiger charge is -2.21. The molecule has 1 amide bonds. The quantitative estimate of drug-likeness (QED) is 0.889. The van der Waals surface area contributed by atoms with Gasteiger partial charge in [-0.2, -0.15) is 5.26 Å². The van der Waals surface area contributed by atoms with Gasteiger partial charge < -0.3 is 5.32 Å². The minimum atomic E-state index is -0.704. The molecule has 1 aromatic rings. The first-order valence-electron chi connectivity index (χ1n) is 6.10. The Morgan fingerprint density at radius 2 is 2.17 bits per heavy atom. The fourth-order valence-corrected chi connectivity index (χ4v) is 2.39. The first-order chi connectivity index (χ1) is 8.63. The summed E-state index contributed by atoms with van der Waals surface area (Å²) in [6, 6.07) is 8.16. The summed E-state index contributed by atoms with van der Waals surface area (Å²) >= 11 is 0. The second-order valence-electron chi connectivity index (χ2n) is 4.76. The highest BCUT2D eigenvalue weighted by Crippen LogP contribution is 2.28. The first kappa shape index (κ1) is 12.6. The van der Waals surface area contributed by atoms with Gasteiger partial charge in [-0.05, 0) is 43.4 Å². The number of carbonyl (C=O) groups is 1. The molecule has 1 saturated carbocycles. The minimum Gasteiger partial charge on any atom is -0.338 e. The van der Waals surface area contributed by atoms with Crippen molar-refractivity contribution in [3.8, 4) is 6.07 Å². The number of hydrogen-bond donors (Lipinski definition) is 1. The van der Waals surface area contributed by atoms with Gasteiger partial charge in [-0.3, -0.25) is 4.79 Å². The highest BCUT2D eigenvalue weighted by molar-refractivity contribution is 5.79. The van der Waals surface area contributed by atoms with Crippen molar-refractivity contribution >= 4 is 5.91 Å². The second-order valence-corrected chi connectivity index (χ2v) is 4.76. The van der Waals surface area contributed by atoms with E-state index in [1.807, 2.05) is 0 Å². The number of halogens is 1. The lowest BCUT2D eigenvalue weighted by molar-refractivity contribution is -0.121. The van der Waals surface area contributed by atoms with E-state index in [1.165, 1.54) is 12.1 Å². The molecule has 1 aliphatic carbocycles. The number of rotatable bonds is 3. The standard InChI is InChI=1S/C14H15FN2O/c15-12-5-3-4-11(8-12)9-13(18)17-14(10-16)6-1-2-7-14/h3-5,8H,1-2,6-7,9H2,(H,17,18). The van der Waals surface area contributed by atoms with Crippen LogP contribution in [0.25, 0.3) is 0 Å². The molecule has 1 fully saturated rings. The zero-order valence-corrected chi connectivity index (χ0v) is 10.1. The third-order valence-electron chi connectivity index (χ3n) is 3.30. The summed E-state index contributed by atoms with van der Waals surface area (Å²) in [6.07, 6.45) is 3.46. The van der Waals surface area contributed by atoms with Crippen molar-refractivity contribution in [2.45, 2.75) is 37.6 Å². The average Bonchev–Trinajstić information content (AvgIpc) is 2.78. The maximum absolute atomic E-state index is 13.0. The predicted molar refractivity (Wildman–Crippen MR) is 65.1 cm³/mol. The summed E-state index contributed by atoms with van der Waals surface area (Å²) in [7, 11) is 0. The van der Waals surface area contributed by atoms with Crippen LogP contribution in [0.15, 0.2) is 24.3 Å². The van der Waals surface area contributed by atoms with Crippen LogP contribution in [0.1, 0.15) is 31.2 Å². The molecule has 94 valence electrons. The zero-order valence-electron chi connectivity index (χ0n) is 10.1. The van der Waals surface area contributed by atoms with Gasteiger partial charge in [0, 0.05) is 0 Å². The van der Waals surface area contributed by atoms with Crippen molar-refractivity contribution in [3.63, 3.8) is 0 Å². The molecule has 0 aromatic heterocycles. The van der Waals surface area contributed by atoms with E-state index in [9.17, 15) is 9.18 Å². The Kier molecular flexibility index (Phi) is 3.61. The number of amides is 1. The molecule has 0 saturated heterocycles. The highest BCUT2D eigenvalue weighted by atomic mass is 19.1. The number of nitriles is 1. The summed E-state index contributed by atoms with van der Waals surface area (Å²) in [5.74, 6) is -0.569. The Hall–Kier alpha value is -1.89. The van der Waals surface area contributed by atoms with Gasteiger partial charge in [-0.15, -0.1) is 0 Å². The fourth-order valence-electron chi connectivity index (χ4n) is 2.39. The Labute approximate surface area is 106 Å². The van der Waals surface area contributed by atoms with Crippen molar-refractivity contribution in [2.75, 3.05) is 0 Å². The molecule has 1 aliphatic rings. The van der Waals surface area contributed by atoms with Gasteiger partial charge >= 0.3 is 0 Å². The summed E-state index contributed by atoms with van der Waals surface area (Å²) in [5, 5.41) is 11.9. The Morgan fingerprint density at radius 3 is 2.78 bits per heavy atom. The van der Waals surface area contributed by atoms with E-state index in [1.54, 1.807) is 12.1 Å². The third-order valence-corrected chi connectivity index (χ3v) is 3.30. The molecule has 0 radical (unpaired) electrons. The number of carbonyl (C=O) groups excluding carboxylic acids is 1. The number of nitrogens with zero attached hydrogens (tertiary/aromatic N) is 1. The highest BCUT2D eigenvalue weighted by Gasteiger charge is 2.35. The number of hydrogen-bond acceptors (Lipinski definition) is 2. The lowest BCUT2D eigenvalue weighted by atomic mass is 9.99. The van der Waals surface area contributed by atoms with Crippen LogP contribution in [-0.2, 0) is 11.2 Å². The third kappa shape index (κ3) is 2.86. The van der Waals surface area contributed by atoms with Crippen LogP contribution in [0.3, 0.4) is 0 Å². The average molecular weight is 246 g/mol. The normalized spacial score (nSPS) is 17.1. The summed E-state index contributed by atoms with van der Waals surface area (Å²) in [6.45, 7) is 0. The molecule has 0 spiro atoms. The van der Waals surface area contributed by atoms with E-state index in [4.69, 9.17) is 5.26 Å². The molecule has 0 unspecified atom stereocenters. The summed E-state index contributed by atoms with van der Waals surface area (Å²) in [4.78, 5) is 11.9. The topological polar surface area (TPSA) is 52.9 Å². The molecule has 1 N–H and O–H groups in total. The van der Waals surface area contributed by atoms with E-state index < -0.39 is 5.54 Å². The Bertz CT molecular complexity index is 487. The van der Waals surface area contributed by atoms with E-state index in [0.717, 1.165) is 12.8 Å². The molecule has 1 aromatic carbocycles. The predicted octanol–water partition coefficient (Wildman–Crippen LogP) is 2.32. The molecule has 18 heavy (non-hydrogen) atoms. The van der Waals surface area contributed by atoms with Crippen LogP contribution in [0, 0.1) is 17.1 Å². The maximum Gasteiger partial charge on any atom is 0.225 e. The smallest absolute Gasteiger partial charge is 0.225 e. The minimum absolute atomic E-state index is 0.112. The van der Waals surface area contributed by atoms with Crippen LogP contribution in [-0.4, -0.2) is 11.4 Å². The maximum atomic E-state index is 13.0. The molecule has 2 rings (SSSR count). The van der Waals surface area contributed by atoms with Gasteiger partial charge in [0.15, 0.2) is 0 Å². The van der Waals surface area contributed by atoms with Crippen LogP contribution < -0.4 is 5.32 Å². The molecule has 4 heteroatoms. The fraction of sp³-hybridized carbons (Fsp3) is 0.429. The van der Waals surface area contributed by atoms with Crippen molar-refractivity contribution in [1.82, 2.24) is 5.32 Å². The molecule has 0 aliphatic heterocycles. The molecule has 3 nitrogen and oxygen atoms in total. The molecule has 0 heterocycles. The number of nitrogens with one attached hydrogen (secondary N) is 1. The largest absolute Gasteiger partial charge is 0.338 e. The Morgan fingerprint density at radius 1 is 1.44 bits per heavy atom. The van der Waals surface area contributed by atoms with E-state index in [2.05, 4.69) is 11.4 Å².